The molecule has 1 N–H and O–H groups in total. The van der Waals surface area contributed by atoms with Gasteiger partial charge in [0.1, 0.15) is 5.60 Å². The maximum atomic E-state index is 12.3. The first-order chi connectivity index (χ1) is 8.97. The zero-order chi connectivity index (χ0) is 13.9. The third-order valence-electron chi connectivity index (χ3n) is 3.67. The van der Waals surface area contributed by atoms with Crippen LogP contribution in [0.3, 0.4) is 0 Å². The average molecular weight is 269 g/mol. The molecule has 1 atom stereocenters. The lowest BCUT2D eigenvalue weighted by molar-refractivity contribution is -0.0275. The smallest absolute Gasteiger partial charge is 0.411 e. The molecule has 0 spiro atoms. The summed E-state index contributed by atoms with van der Waals surface area (Å²) in [6.45, 7) is 10.7. The summed E-state index contributed by atoms with van der Waals surface area (Å²) < 4.78 is 5.54. The van der Waals surface area contributed by atoms with Gasteiger partial charge in [0.15, 0.2) is 0 Å². The Bertz CT molecular complexity index is 308. The fourth-order valence-corrected chi connectivity index (χ4v) is 2.81. The molecule has 0 saturated carbocycles. The standard InChI is InChI=1S/C14H27N3O2/c1-14(2,3)19-13(18)17-9-5-4-6-12(17)16-10-7-15-8-11-16/h12,15H,4-11H2,1-3H3. The molecule has 0 aromatic carbocycles. The SMILES string of the molecule is CC(C)(C)OC(=O)N1CCCCC1N1CCNCC1. The molecule has 110 valence electrons. The second-order valence-corrected chi connectivity index (χ2v) is 6.44. The highest BCUT2D eigenvalue weighted by Gasteiger charge is 2.34. The van der Waals surface area contributed by atoms with Crippen molar-refractivity contribution in [2.45, 2.75) is 51.8 Å². The van der Waals surface area contributed by atoms with Gasteiger partial charge in [0.05, 0.1) is 6.17 Å². The number of rotatable bonds is 1. The van der Waals surface area contributed by atoms with Crippen LogP contribution in [0.1, 0.15) is 40.0 Å². The van der Waals surface area contributed by atoms with Gasteiger partial charge in [0.2, 0.25) is 0 Å². The van der Waals surface area contributed by atoms with Crippen molar-refractivity contribution in [2.75, 3.05) is 32.7 Å². The number of hydrogen-bond donors (Lipinski definition) is 1. The number of piperidine rings is 1. The molecule has 0 bridgehead atoms. The Balaban J connectivity index is 2.00. The van der Waals surface area contributed by atoms with Crippen molar-refractivity contribution < 1.29 is 9.53 Å². The quantitative estimate of drug-likeness (QED) is 0.786. The third-order valence-corrected chi connectivity index (χ3v) is 3.67. The normalized spacial score (nSPS) is 26.3. The van der Waals surface area contributed by atoms with E-state index in [1.165, 1.54) is 6.42 Å². The number of nitrogens with one attached hydrogen (secondary N) is 1. The van der Waals surface area contributed by atoms with E-state index in [1.54, 1.807) is 0 Å². The van der Waals surface area contributed by atoms with Crippen molar-refractivity contribution >= 4 is 6.09 Å². The Labute approximate surface area is 116 Å². The number of carbonyl (C=O) groups excluding carboxylic acids is 1. The summed E-state index contributed by atoms with van der Waals surface area (Å²) in [6.07, 6.45) is 3.43. The fraction of sp³-hybridized carbons (Fsp3) is 0.929. The van der Waals surface area contributed by atoms with E-state index >= 15 is 0 Å². The molecule has 2 rings (SSSR count). The minimum absolute atomic E-state index is 0.157. The summed E-state index contributed by atoms with van der Waals surface area (Å²) in [5, 5.41) is 3.36. The first-order valence-electron chi connectivity index (χ1n) is 7.42. The van der Waals surface area contributed by atoms with Crippen LogP contribution in [0, 0.1) is 0 Å². The lowest BCUT2D eigenvalue weighted by Gasteiger charge is -2.44. The van der Waals surface area contributed by atoms with Crippen molar-refractivity contribution in [3.8, 4) is 0 Å². The predicted octanol–water partition coefficient (Wildman–Crippen LogP) is 1.64. The van der Waals surface area contributed by atoms with E-state index in [-0.39, 0.29) is 12.3 Å². The molecule has 0 radical (unpaired) electrons. The molecule has 5 heteroatoms. The molecule has 1 amide bonds. The number of piperazine rings is 1. The molecule has 2 aliphatic rings. The van der Waals surface area contributed by atoms with Gasteiger partial charge in [-0.15, -0.1) is 0 Å². The Morgan fingerprint density at radius 2 is 1.84 bits per heavy atom. The monoisotopic (exact) mass is 269 g/mol. The van der Waals surface area contributed by atoms with Crippen LogP contribution >= 0.6 is 0 Å². The van der Waals surface area contributed by atoms with E-state index in [9.17, 15) is 4.79 Å². The van der Waals surface area contributed by atoms with Crippen LogP contribution in [0.2, 0.25) is 0 Å². The first-order valence-corrected chi connectivity index (χ1v) is 7.42. The van der Waals surface area contributed by atoms with Crippen LogP contribution in [0.15, 0.2) is 0 Å². The largest absolute Gasteiger partial charge is 0.444 e. The zero-order valence-corrected chi connectivity index (χ0v) is 12.4. The van der Waals surface area contributed by atoms with Crippen molar-refractivity contribution in [3.05, 3.63) is 0 Å². The molecular weight excluding hydrogens is 242 g/mol. The summed E-state index contributed by atoms with van der Waals surface area (Å²) >= 11 is 0. The highest BCUT2D eigenvalue weighted by molar-refractivity contribution is 5.68. The molecule has 0 aromatic heterocycles. The summed E-state index contributed by atoms with van der Waals surface area (Å²) in [5.74, 6) is 0. The number of ether oxygens (including phenoxy) is 1. The van der Waals surface area contributed by atoms with Crippen LogP contribution in [0.5, 0.6) is 0 Å². The molecule has 19 heavy (non-hydrogen) atoms. The van der Waals surface area contributed by atoms with E-state index < -0.39 is 5.60 Å². The molecule has 0 aliphatic carbocycles. The number of carbonyl (C=O) groups is 1. The molecule has 2 fully saturated rings. The molecule has 2 heterocycles. The Morgan fingerprint density at radius 3 is 2.47 bits per heavy atom. The second kappa shape index (κ2) is 6.09. The van der Waals surface area contributed by atoms with Gasteiger partial charge in [-0.05, 0) is 40.0 Å². The van der Waals surface area contributed by atoms with Crippen molar-refractivity contribution in [2.24, 2.45) is 0 Å². The van der Waals surface area contributed by atoms with Crippen molar-refractivity contribution in [3.63, 3.8) is 0 Å². The van der Waals surface area contributed by atoms with Gasteiger partial charge >= 0.3 is 6.09 Å². The Morgan fingerprint density at radius 1 is 1.16 bits per heavy atom. The second-order valence-electron chi connectivity index (χ2n) is 6.44. The van der Waals surface area contributed by atoms with Gasteiger partial charge < -0.3 is 10.1 Å². The molecule has 5 nitrogen and oxygen atoms in total. The van der Waals surface area contributed by atoms with E-state index in [0.717, 1.165) is 45.6 Å². The third kappa shape index (κ3) is 4.08. The molecule has 1 unspecified atom stereocenters. The zero-order valence-electron chi connectivity index (χ0n) is 12.4. The summed E-state index contributed by atoms with van der Waals surface area (Å²) in [7, 11) is 0. The van der Waals surface area contributed by atoms with Crippen LogP contribution < -0.4 is 5.32 Å². The van der Waals surface area contributed by atoms with Gasteiger partial charge in [-0.25, -0.2) is 4.79 Å². The van der Waals surface area contributed by atoms with Crippen LogP contribution in [-0.2, 0) is 4.74 Å². The Hall–Kier alpha value is -0.810. The minimum Gasteiger partial charge on any atom is -0.444 e. The highest BCUT2D eigenvalue weighted by atomic mass is 16.6. The minimum atomic E-state index is -0.414. The molecule has 2 saturated heterocycles. The lowest BCUT2D eigenvalue weighted by atomic mass is 10.1. The van der Waals surface area contributed by atoms with Gasteiger partial charge in [0, 0.05) is 32.7 Å². The van der Waals surface area contributed by atoms with Gasteiger partial charge in [0.25, 0.3) is 0 Å². The van der Waals surface area contributed by atoms with Gasteiger partial charge in [-0.3, -0.25) is 9.80 Å². The van der Waals surface area contributed by atoms with Gasteiger partial charge in [-0.1, -0.05) is 0 Å². The summed E-state index contributed by atoms with van der Waals surface area (Å²) in [5.41, 5.74) is -0.414. The van der Waals surface area contributed by atoms with Crippen LogP contribution in [-0.4, -0.2) is 60.4 Å². The van der Waals surface area contributed by atoms with Gasteiger partial charge in [-0.2, -0.15) is 0 Å². The van der Waals surface area contributed by atoms with Crippen LogP contribution in [0.25, 0.3) is 0 Å². The number of hydrogen-bond acceptors (Lipinski definition) is 4. The average Bonchev–Trinajstić information content (AvgIpc) is 2.38. The lowest BCUT2D eigenvalue weighted by Crippen LogP contribution is -2.58. The van der Waals surface area contributed by atoms with Crippen LogP contribution in [0.4, 0.5) is 4.79 Å². The molecule has 0 aromatic rings. The van der Waals surface area contributed by atoms with Crippen molar-refractivity contribution in [1.29, 1.82) is 0 Å². The number of nitrogens with zero attached hydrogens (tertiary/aromatic N) is 2. The maximum Gasteiger partial charge on any atom is 0.411 e. The van der Waals surface area contributed by atoms with E-state index in [0.29, 0.717) is 0 Å². The topological polar surface area (TPSA) is 44.8 Å². The van der Waals surface area contributed by atoms with E-state index in [4.69, 9.17) is 4.74 Å². The fourth-order valence-electron chi connectivity index (χ4n) is 2.81. The summed E-state index contributed by atoms with van der Waals surface area (Å²) in [4.78, 5) is 16.7. The predicted molar refractivity (Wildman–Crippen MR) is 75.0 cm³/mol. The van der Waals surface area contributed by atoms with Crippen molar-refractivity contribution in [1.82, 2.24) is 15.1 Å². The van der Waals surface area contributed by atoms with E-state index in [2.05, 4.69) is 10.2 Å². The molecule has 2 aliphatic heterocycles. The summed E-state index contributed by atoms with van der Waals surface area (Å²) in [6, 6.07) is 0. The number of amides is 1. The first kappa shape index (κ1) is 14.6. The van der Waals surface area contributed by atoms with E-state index in [1.807, 2.05) is 25.7 Å². The Kier molecular flexibility index (Phi) is 4.68. The highest BCUT2D eigenvalue weighted by Crippen LogP contribution is 2.23. The maximum absolute atomic E-state index is 12.3. The number of likely N-dealkylation sites (tertiary alicyclic amines) is 1. The molecular formula is C14H27N3O2.